The molecule has 0 radical (unpaired) electrons. The molecule has 0 rings (SSSR count). The standard InChI is InChI=1S/C56H112N2O5/c1-5-9-13-17-25-34-44-54(45-35-26-18-14-10-6-2)63-56(61)62-53-43-32-24-29-38-48-57(49-39-33-42-52-59)47-37-28-23-21-22-27-36-46-55(60)58(50-40-30-19-15-11-7-3)51-41-31-20-16-12-8-4/h54,59H,5-53H2,1-4H3. The molecule has 1 amide bonds. The van der Waals surface area contributed by atoms with Crippen molar-refractivity contribution >= 4 is 12.1 Å². The van der Waals surface area contributed by atoms with Crippen LogP contribution in [-0.4, -0.2) is 79.0 Å². The molecule has 1 N–H and O–H groups in total. The molecule has 0 unspecified atom stereocenters. The van der Waals surface area contributed by atoms with E-state index in [2.05, 4.69) is 37.5 Å². The maximum absolute atomic E-state index is 13.2. The zero-order valence-electron chi connectivity index (χ0n) is 43.2. The van der Waals surface area contributed by atoms with Crippen LogP contribution >= 0.6 is 0 Å². The van der Waals surface area contributed by atoms with Crippen LogP contribution in [0, 0.1) is 0 Å². The van der Waals surface area contributed by atoms with E-state index in [1.165, 1.54) is 212 Å². The first kappa shape index (κ1) is 61.7. The van der Waals surface area contributed by atoms with E-state index < -0.39 is 6.16 Å². The first-order valence-corrected chi connectivity index (χ1v) is 28.5. The fourth-order valence-electron chi connectivity index (χ4n) is 9.00. The summed E-state index contributed by atoms with van der Waals surface area (Å²) in [5.41, 5.74) is 0. The highest BCUT2D eigenvalue weighted by Crippen LogP contribution is 2.19. The molecule has 0 aromatic rings. The first-order chi connectivity index (χ1) is 31.0. The van der Waals surface area contributed by atoms with Gasteiger partial charge in [0.15, 0.2) is 0 Å². The van der Waals surface area contributed by atoms with Crippen molar-refractivity contribution in [3.8, 4) is 0 Å². The molecular formula is C56H112N2O5. The highest BCUT2D eigenvalue weighted by atomic mass is 16.7. The van der Waals surface area contributed by atoms with E-state index in [0.717, 1.165) is 90.4 Å². The first-order valence-electron chi connectivity index (χ1n) is 28.5. The smallest absolute Gasteiger partial charge is 0.434 e. The van der Waals surface area contributed by atoms with Crippen LogP contribution in [0.3, 0.4) is 0 Å². The number of rotatable bonds is 52. The van der Waals surface area contributed by atoms with Crippen molar-refractivity contribution < 1.29 is 24.2 Å². The van der Waals surface area contributed by atoms with Gasteiger partial charge in [0.25, 0.3) is 0 Å². The Bertz CT molecular complexity index is 886. The minimum atomic E-state index is -0.458. The third-order valence-corrected chi connectivity index (χ3v) is 13.3. The maximum Gasteiger partial charge on any atom is 0.508 e. The summed E-state index contributed by atoms with van der Waals surface area (Å²) < 4.78 is 11.4. The Labute approximate surface area is 394 Å². The molecule has 7 heteroatoms. The molecule has 0 aliphatic carbocycles. The molecule has 0 saturated heterocycles. The number of unbranched alkanes of at least 4 members (excludes halogenated alkanes) is 32. The predicted octanol–water partition coefficient (Wildman–Crippen LogP) is 17.1. The van der Waals surface area contributed by atoms with Gasteiger partial charge in [-0.1, -0.05) is 207 Å². The lowest BCUT2D eigenvalue weighted by Crippen LogP contribution is -2.32. The molecule has 0 fully saturated rings. The molecule has 63 heavy (non-hydrogen) atoms. The second-order valence-electron chi connectivity index (χ2n) is 19.5. The second kappa shape index (κ2) is 51.6. The quantitative estimate of drug-likeness (QED) is 0.0484. The Hall–Kier alpha value is -1.34. The van der Waals surface area contributed by atoms with E-state index in [1.54, 1.807) is 0 Å². The average Bonchev–Trinajstić information content (AvgIpc) is 3.28. The molecule has 0 bridgehead atoms. The van der Waals surface area contributed by atoms with Gasteiger partial charge in [0.2, 0.25) is 5.91 Å². The second-order valence-corrected chi connectivity index (χ2v) is 19.5. The number of aliphatic hydroxyl groups excluding tert-OH is 1. The van der Waals surface area contributed by atoms with Crippen molar-refractivity contribution in [2.45, 2.75) is 303 Å². The number of amides is 1. The van der Waals surface area contributed by atoms with Crippen LogP contribution in [0.25, 0.3) is 0 Å². The van der Waals surface area contributed by atoms with Gasteiger partial charge in [0.1, 0.15) is 6.10 Å². The molecule has 0 aliphatic heterocycles. The van der Waals surface area contributed by atoms with Crippen LogP contribution in [0.1, 0.15) is 297 Å². The number of ether oxygens (including phenoxy) is 2. The average molecular weight is 894 g/mol. The lowest BCUT2D eigenvalue weighted by Gasteiger charge is -2.23. The Morgan fingerprint density at radius 3 is 1.14 bits per heavy atom. The Kier molecular flexibility index (Phi) is 50.5. The fourth-order valence-corrected chi connectivity index (χ4v) is 9.00. The minimum Gasteiger partial charge on any atom is -0.434 e. The minimum absolute atomic E-state index is 0.00466. The monoisotopic (exact) mass is 893 g/mol. The molecule has 0 saturated carbocycles. The van der Waals surface area contributed by atoms with Gasteiger partial charge in [-0.25, -0.2) is 4.79 Å². The van der Waals surface area contributed by atoms with Crippen LogP contribution < -0.4 is 0 Å². The summed E-state index contributed by atoms with van der Waals surface area (Å²) >= 11 is 0. The van der Waals surface area contributed by atoms with E-state index in [9.17, 15) is 14.7 Å². The van der Waals surface area contributed by atoms with Gasteiger partial charge in [0, 0.05) is 26.1 Å². The summed E-state index contributed by atoms with van der Waals surface area (Å²) in [4.78, 5) is 30.7. The van der Waals surface area contributed by atoms with Gasteiger partial charge in [-0.05, 0) is 103 Å². The zero-order valence-corrected chi connectivity index (χ0v) is 43.2. The van der Waals surface area contributed by atoms with Gasteiger partial charge in [-0.2, -0.15) is 0 Å². The van der Waals surface area contributed by atoms with Crippen molar-refractivity contribution in [3.05, 3.63) is 0 Å². The summed E-state index contributed by atoms with van der Waals surface area (Å²) in [6, 6.07) is 0. The summed E-state index contributed by atoms with van der Waals surface area (Å²) in [5.74, 6) is 0.406. The lowest BCUT2D eigenvalue weighted by molar-refractivity contribution is -0.131. The van der Waals surface area contributed by atoms with Crippen molar-refractivity contribution in [2.75, 3.05) is 45.9 Å². The molecule has 0 aromatic carbocycles. The highest BCUT2D eigenvalue weighted by molar-refractivity contribution is 5.76. The number of aliphatic hydroxyl groups is 1. The van der Waals surface area contributed by atoms with Crippen molar-refractivity contribution in [1.29, 1.82) is 0 Å². The third kappa shape index (κ3) is 45.6. The van der Waals surface area contributed by atoms with E-state index in [1.807, 2.05) is 0 Å². The highest BCUT2D eigenvalue weighted by Gasteiger charge is 2.16. The Morgan fingerprint density at radius 2 is 0.730 bits per heavy atom. The molecule has 0 atom stereocenters. The fraction of sp³-hybridized carbons (Fsp3) is 0.964. The van der Waals surface area contributed by atoms with Crippen molar-refractivity contribution in [2.24, 2.45) is 0 Å². The summed E-state index contributed by atoms with van der Waals surface area (Å²) in [6.45, 7) is 15.2. The molecule has 0 spiro atoms. The maximum atomic E-state index is 13.2. The van der Waals surface area contributed by atoms with Gasteiger partial charge in [0.05, 0.1) is 6.61 Å². The summed E-state index contributed by atoms with van der Waals surface area (Å²) in [5, 5.41) is 9.27. The van der Waals surface area contributed by atoms with E-state index >= 15 is 0 Å². The Morgan fingerprint density at radius 1 is 0.397 bits per heavy atom. The lowest BCUT2D eigenvalue weighted by atomic mass is 10.0. The van der Waals surface area contributed by atoms with Crippen LogP contribution in [0.5, 0.6) is 0 Å². The number of hydrogen-bond donors (Lipinski definition) is 1. The zero-order chi connectivity index (χ0) is 45.9. The molecule has 0 aromatic heterocycles. The molecule has 0 aliphatic rings. The van der Waals surface area contributed by atoms with Crippen molar-refractivity contribution in [1.82, 2.24) is 9.80 Å². The summed E-state index contributed by atoms with van der Waals surface area (Å²) in [7, 11) is 0. The molecule has 7 nitrogen and oxygen atoms in total. The van der Waals surface area contributed by atoms with Crippen LogP contribution in [-0.2, 0) is 14.3 Å². The van der Waals surface area contributed by atoms with E-state index in [-0.39, 0.29) is 6.10 Å². The number of carbonyl (C=O) groups excluding carboxylic acids is 2. The van der Waals surface area contributed by atoms with E-state index in [0.29, 0.717) is 19.1 Å². The largest absolute Gasteiger partial charge is 0.508 e. The Balaban J connectivity index is 4.34. The summed E-state index contributed by atoms with van der Waals surface area (Å²) in [6.07, 6.45) is 50.2. The van der Waals surface area contributed by atoms with Crippen LogP contribution in [0.15, 0.2) is 0 Å². The number of nitrogens with zero attached hydrogens (tertiary/aromatic N) is 2. The van der Waals surface area contributed by atoms with Gasteiger partial charge in [-0.3, -0.25) is 4.79 Å². The SMILES string of the molecule is CCCCCCCCC(CCCCCCCC)OC(=O)OCCCCCCCN(CCCCCO)CCCCCCCCCC(=O)N(CCCCCCCC)CCCCCCCC. The van der Waals surface area contributed by atoms with Gasteiger partial charge >= 0.3 is 6.16 Å². The third-order valence-electron chi connectivity index (χ3n) is 13.3. The van der Waals surface area contributed by atoms with Crippen molar-refractivity contribution in [3.63, 3.8) is 0 Å². The van der Waals surface area contributed by atoms with E-state index in [4.69, 9.17) is 9.47 Å². The number of carbonyl (C=O) groups is 2. The van der Waals surface area contributed by atoms with Crippen LogP contribution in [0.4, 0.5) is 4.79 Å². The van der Waals surface area contributed by atoms with Gasteiger partial charge < -0.3 is 24.4 Å². The predicted molar refractivity (Wildman–Crippen MR) is 273 cm³/mol. The molecule has 376 valence electrons. The normalized spacial score (nSPS) is 11.6. The number of hydrogen-bond acceptors (Lipinski definition) is 6. The van der Waals surface area contributed by atoms with Crippen LogP contribution in [0.2, 0.25) is 0 Å². The topological polar surface area (TPSA) is 79.3 Å². The molecule has 0 heterocycles. The van der Waals surface area contributed by atoms with Gasteiger partial charge in [-0.15, -0.1) is 0 Å². The molecular weight excluding hydrogens is 781 g/mol.